The Bertz CT molecular complexity index is 381. The van der Waals surface area contributed by atoms with E-state index in [1.165, 1.54) is 0 Å². The zero-order chi connectivity index (χ0) is 10.7. The Balaban J connectivity index is 2.55. The summed E-state index contributed by atoms with van der Waals surface area (Å²) in [7, 11) is 0. The molecule has 15 heavy (non-hydrogen) atoms. The minimum absolute atomic E-state index is 0.656. The zero-order valence-electron chi connectivity index (χ0n) is 8.41. The first-order chi connectivity index (χ1) is 7.33. The molecule has 6 heteroatoms. The summed E-state index contributed by atoms with van der Waals surface area (Å²) in [5.41, 5.74) is 7.39. The standard InChI is InChI=1S/C9H12N6/c1-2-9(13-10,14-5-3-11-7-14)15-6-4-12-8-15/h3-8,10H,2H2,1H3. The number of hydrogen-bond donors (Lipinski definition) is 1. The quantitative estimate of drug-likeness (QED) is 0.769. The molecule has 0 amide bonds. The van der Waals surface area contributed by atoms with Crippen LogP contribution in [-0.4, -0.2) is 19.1 Å². The average Bonchev–Trinajstić information content (AvgIpc) is 2.92. The lowest BCUT2D eigenvalue weighted by Crippen LogP contribution is -2.36. The second-order valence-corrected chi connectivity index (χ2v) is 3.18. The third kappa shape index (κ3) is 1.34. The lowest BCUT2D eigenvalue weighted by atomic mass is 10.2. The molecule has 0 aliphatic rings. The van der Waals surface area contributed by atoms with E-state index in [1.54, 1.807) is 46.6 Å². The van der Waals surface area contributed by atoms with Gasteiger partial charge in [-0.25, -0.2) is 15.5 Å². The van der Waals surface area contributed by atoms with Gasteiger partial charge in [-0.15, -0.1) is 5.11 Å². The molecule has 0 aromatic carbocycles. The number of nitrogens with one attached hydrogen (secondary N) is 1. The molecular formula is C9H12N6. The molecule has 1 N–H and O–H groups in total. The fourth-order valence-electron chi connectivity index (χ4n) is 1.63. The lowest BCUT2D eigenvalue weighted by molar-refractivity contribution is 0.211. The van der Waals surface area contributed by atoms with E-state index in [2.05, 4.69) is 15.1 Å². The van der Waals surface area contributed by atoms with Crippen LogP contribution in [0.1, 0.15) is 13.3 Å². The van der Waals surface area contributed by atoms with E-state index < -0.39 is 5.79 Å². The summed E-state index contributed by atoms with van der Waals surface area (Å²) in [6.45, 7) is 1.97. The Morgan fingerprint density at radius 1 is 1.20 bits per heavy atom. The molecule has 78 valence electrons. The number of aromatic nitrogens is 4. The molecule has 0 aliphatic carbocycles. The third-order valence-electron chi connectivity index (χ3n) is 2.49. The van der Waals surface area contributed by atoms with Crippen LogP contribution < -0.4 is 0 Å². The van der Waals surface area contributed by atoms with Crippen molar-refractivity contribution in [2.45, 2.75) is 19.1 Å². The van der Waals surface area contributed by atoms with Crippen molar-refractivity contribution in [2.24, 2.45) is 5.11 Å². The van der Waals surface area contributed by atoms with E-state index in [0.29, 0.717) is 6.42 Å². The molecule has 2 aromatic rings. The van der Waals surface area contributed by atoms with E-state index in [-0.39, 0.29) is 0 Å². The monoisotopic (exact) mass is 204 g/mol. The molecule has 2 rings (SSSR count). The Kier molecular flexibility index (Phi) is 2.32. The van der Waals surface area contributed by atoms with Crippen molar-refractivity contribution < 1.29 is 0 Å². The van der Waals surface area contributed by atoms with Crippen molar-refractivity contribution in [3.05, 3.63) is 37.4 Å². The second-order valence-electron chi connectivity index (χ2n) is 3.18. The first kappa shape index (κ1) is 9.57. The first-order valence-electron chi connectivity index (χ1n) is 4.69. The summed E-state index contributed by atoms with van der Waals surface area (Å²) in [4.78, 5) is 7.96. The molecule has 6 nitrogen and oxygen atoms in total. The van der Waals surface area contributed by atoms with Gasteiger partial charge in [-0.3, -0.25) is 9.13 Å². The highest BCUT2D eigenvalue weighted by atomic mass is 15.4. The molecule has 2 heterocycles. The van der Waals surface area contributed by atoms with Gasteiger partial charge in [0.05, 0.1) is 12.7 Å². The van der Waals surface area contributed by atoms with Gasteiger partial charge in [0.1, 0.15) is 0 Å². The maximum Gasteiger partial charge on any atom is 0.237 e. The van der Waals surface area contributed by atoms with E-state index in [9.17, 15) is 0 Å². The SMILES string of the molecule is CCC(N=N)(n1ccnc1)n1ccnc1. The fraction of sp³-hybridized carbons (Fsp3) is 0.333. The second kappa shape index (κ2) is 3.64. The van der Waals surface area contributed by atoms with Crippen molar-refractivity contribution in [1.29, 1.82) is 5.53 Å². The molecule has 0 bridgehead atoms. The van der Waals surface area contributed by atoms with Crippen LogP contribution in [0.3, 0.4) is 0 Å². The molecule has 0 atom stereocenters. The smallest absolute Gasteiger partial charge is 0.237 e. The molecule has 0 aliphatic heterocycles. The number of hydrogen-bond acceptors (Lipinski definition) is 4. The highest BCUT2D eigenvalue weighted by Crippen LogP contribution is 2.24. The predicted molar refractivity (Wildman–Crippen MR) is 53.3 cm³/mol. The summed E-state index contributed by atoms with van der Waals surface area (Å²) in [6.07, 6.45) is 10.9. The van der Waals surface area contributed by atoms with Crippen LogP contribution in [0.5, 0.6) is 0 Å². The Labute approximate surface area is 87.1 Å². The van der Waals surface area contributed by atoms with Gasteiger partial charge < -0.3 is 0 Å². The summed E-state index contributed by atoms with van der Waals surface area (Å²) in [5.74, 6) is -0.771. The lowest BCUT2D eigenvalue weighted by Gasteiger charge is -2.29. The number of rotatable bonds is 4. The maximum atomic E-state index is 7.39. The van der Waals surface area contributed by atoms with Crippen molar-refractivity contribution in [1.82, 2.24) is 19.1 Å². The Morgan fingerprint density at radius 3 is 2.00 bits per heavy atom. The zero-order valence-corrected chi connectivity index (χ0v) is 8.41. The molecule has 0 fully saturated rings. The molecular weight excluding hydrogens is 192 g/mol. The van der Waals surface area contributed by atoms with Gasteiger partial charge in [0.25, 0.3) is 0 Å². The van der Waals surface area contributed by atoms with E-state index in [4.69, 9.17) is 5.53 Å². The van der Waals surface area contributed by atoms with Crippen molar-refractivity contribution >= 4 is 0 Å². The number of imidazole rings is 2. The molecule has 0 saturated heterocycles. The fourth-order valence-corrected chi connectivity index (χ4v) is 1.63. The highest BCUT2D eigenvalue weighted by molar-refractivity contribution is 4.93. The van der Waals surface area contributed by atoms with Crippen molar-refractivity contribution in [3.63, 3.8) is 0 Å². The van der Waals surface area contributed by atoms with Crippen LogP contribution >= 0.6 is 0 Å². The summed E-state index contributed by atoms with van der Waals surface area (Å²) in [5, 5.41) is 3.72. The van der Waals surface area contributed by atoms with Crippen LogP contribution in [0, 0.1) is 5.53 Å². The third-order valence-corrected chi connectivity index (χ3v) is 2.49. The molecule has 0 unspecified atom stereocenters. The van der Waals surface area contributed by atoms with Crippen LogP contribution in [0.15, 0.2) is 42.6 Å². The summed E-state index contributed by atoms with van der Waals surface area (Å²) >= 11 is 0. The van der Waals surface area contributed by atoms with Gasteiger partial charge in [-0.1, -0.05) is 6.92 Å². The van der Waals surface area contributed by atoms with Crippen LogP contribution in [-0.2, 0) is 5.79 Å². The highest BCUT2D eigenvalue weighted by Gasteiger charge is 2.30. The van der Waals surface area contributed by atoms with E-state index in [0.717, 1.165) is 0 Å². The van der Waals surface area contributed by atoms with Crippen molar-refractivity contribution in [2.75, 3.05) is 0 Å². The first-order valence-corrected chi connectivity index (χ1v) is 4.69. The normalized spacial score (nSPS) is 11.5. The average molecular weight is 204 g/mol. The topological polar surface area (TPSA) is 71.8 Å². The minimum atomic E-state index is -0.771. The Hall–Kier alpha value is -1.98. The maximum absolute atomic E-state index is 7.39. The van der Waals surface area contributed by atoms with Crippen LogP contribution in [0.25, 0.3) is 0 Å². The van der Waals surface area contributed by atoms with Crippen LogP contribution in [0.4, 0.5) is 0 Å². The molecule has 0 spiro atoms. The number of nitrogens with zero attached hydrogens (tertiary/aromatic N) is 5. The largest absolute Gasteiger partial charge is 0.293 e. The van der Waals surface area contributed by atoms with Crippen molar-refractivity contribution in [3.8, 4) is 0 Å². The van der Waals surface area contributed by atoms with Gasteiger partial charge in [0, 0.05) is 31.2 Å². The summed E-state index contributed by atoms with van der Waals surface area (Å²) in [6, 6.07) is 0. The van der Waals surface area contributed by atoms with Gasteiger partial charge in [0.2, 0.25) is 5.79 Å². The van der Waals surface area contributed by atoms with Crippen LogP contribution in [0.2, 0.25) is 0 Å². The van der Waals surface area contributed by atoms with Gasteiger partial charge in [-0.05, 0) is 0 Å². The van der Waals surface area contributed by atoms with Gasteiger partial charge >= 0.3 is 0 Å². The molecule has 2 aromatic heterocycles. The minimum Gasteiger partial charge on any atom is -0.293 e. The molecule has 0 radical (unpaired) electrons. The Morgan fingerprint density at radius 2 is 1.73 bits per heavy atom. The van der Waals surface area contributed by atoms with Gasteiger partial charge in [0.15, 0.2) is 0 Å². The predicted octanol–water partition coefficient (Wildman–Crippen LogP) is 1.68. The van der Waals surface area contributed by atoms with E-state index in [1.807, 2.05) is 6.92 Å². The molecule has 0 saturated carbocycles. The summed E-state index contributed by atoms with van der Waals surface area (Å²) < 4.78 is 3.59. The van der Waals surface area contributed by atoms with E-state index >= 15 is 0 Å². The van der Waals surface area contributed by atoms with Gasteiger partial charge in [-0.2, -0.15) is 0 Å².